The number of amides is 1. The lowest BCUT2D eigenvalue weighted by Crippen LogP contribution is -2.31. The minimum atomic E-state index is -0.0873. The smallest absolute Gasteiger partial charge is 0.307 e. The Labute approximate surface area is 134 Å². The van der Waals surface area contributed by atoms with E-state index in [-0.39, 0.29) is 16.8 Å². The number of hydrogen-bond donors (Lipinski definition) is 0. The first kappa shape index (κ1) is 16.4. The molecule has 2 aromatic heterocycles. The molecule has 0 spiro atoms. The minimum absolute atomic E-state index is 0.00299. The van der Waals surface area contributed by atoms with Gasteiger partial charge in [0.1, 0.15) is 0 Å². The standard InChI is InChI=1S/C16H21N3O2S/c1-11-13(3)22-16(21)19(11)10-8-15(20)18(4)12(2)14-7-5-6-9-17-14/h5-7,9,12H,8,10H2,1-4H3. The second-order valence-corrected chi connectivity index (χ2v) is 6.51. The van der Waals surface area contributed by atoms with Gasteiger partial charge in [-0.3, -0.25) is 14.6 Å². The van der Waals surface area contributed by atoms with Gasteiger partial charge in [0.05, 0.1) is 11.7 Å². The number of nitrogens with zero attached hydrogens (tertiary/aromatic N) is 3. The van der Waals surface area contributed by atoms with Gasteiger partial charge in [-0.1, -0.05) is 17.4 Å². The van der Waals surface area contributed by atoms with Crippen LogP contribution in [0.1, 0.15) is 35.7 Å². The molecule has 0 aliphatic rings. The van der Waals surface area contributed by atoms with Crippen molar-refractivity contribution >= 4 is 17.2 Å². The van der Waals surface area contributed by atoms with E-state index in [9.17, 15) is 9.59 Å². The van der Waals surface area contributed by atoms with Crippen LogP contribution in [-0.2, 0) is 11.3 Å². The molecule has 22 heavy (non-hydrogen) atoms. The first-order valence-electron chi connectivity index (χ1n) is 7.25. The molecule has 0 saturated heterocycles. The molecule has 118 valence electrons. The van der Waals surface area contributed by atoms with Crippen LogP contribution in [0.4, 0.5) is 0 Å². The van der Waals surface area contributed by atoms with Crippen LogP contribution in [0.5, 0.6) is 0 Å². The molecule has 6 heteroatoms. The average molecular weight is 319 g/mol. The monoisotopic (exact) mass is 319 g/mol. The predicted molar refractivity (Wildman–Crippen MR) is 88.1 cm³/mol. The molecule has 0 aliphatic carbocycles. The Morgan fingerprint density at radius 3 is 2.68 bits per heavy atom. The summed E-state index contributed by atoms with van der Waals surface area (Å²) in [6.07, 6.45) is 2.03. The molecule has 0 aliphatic heterocycles. The van der Waals surface area contributed by atoms with Crippen molar-refractivity contribution in [1.29, 1.82) is 0 Å². The van der Waals surface area contributed by atoms with Gasteiger partial charge in [0.15, 0.2) is 0 Å². The SMILES string of the molecule is Cc1sc(=O)n(CCC(=O)N(C)C(C)c2ccccn2)c1C. The number of aromatic nitrogens is 2. The van der Waals surface area contributed by atoms with Crippen LogP contribution in [0.2, 0.25) is 0 Å². The van der Waals surface area contributed by atoms with E-state index in [4.69, 9.17) is 0 Å². The molecule has 1 unspecified atom stereocenters. The number of carbonyl (C=O) groups excluding carboxylic acids is 1. The van der Waals surface area contributed by atoms with Crippen LogP contribution in [0.3, 0.4) is 0 Å². The lowest BCUT2D eigenvalue weighted by Gasteiger charge is -2.24. The predicted octanol–water partition coefficient (Wildman–Crippen LogP) is 2.53. The van der Waals surface area contributed by atoms with Gasteiger partial charge in [0, 0.05) is 36.8 Å². The van der Waals surface area contributed by atoms with Crippen LogP contribution in [0.15, 0.2) is 29.2 Å². The van der Waals surface area contributed by atoms with Gasteiger partial charge in [-0.2, -0.15) is 0 Å². The Kier molecular flexibility index (Phi) is 5.13. The van der Waals surface area contributed by atoms with E-state index in [2.05, 4.69) is 4.98 Å². The van der Waals surface area contributed by atoms with Crippen LogP contribution in [-0.4, -0.2) is 27.4 Å². The van der Waals surface area contributed by atoms with Gasteiger partial charge >= 0.3 is 4.87 Å². The molecule has 0 aromatic carbocycles. The maximum Gasteiger partial charge on any atom is 0.307 e. The van der Waals surface area contributed by atoms with Crippen molar-refractivity contribution in [3.63, 3.8) is 0 Å². The first-order valence-corrected chi connectivity index (χ1v) is 8.07. The maximum atomic E-state index is 12.3. The second-order valence-electron chi connectivity index (χ2n) is 5.35. The number of hydrogen-bond acceptors (Lipinski definition) is 4. The first-order chi connectivity index (χ1) is 10.4. The summed E-state index contributed by atoms with van der Waals surface area (Å²) in [5.74, 6) is 0.00769. The summed E-state index contributed by atoms with van der Waals surface area (Å²) in [7, 11) is 1.77. The number of pyridine rings is 1. The van der Waals surface area contributed by atoms with Crippen molar-refractivity contribution < 1.29 is 4.79 Å². The van der Waals surface area contributed by atoms with E-state index >= 15 is 0 Å². The highest BCUT2D eigenvalue weighted by Gasteiger charge is 2.18. The summed E-state index contributed by atoms with van der Waals surface area (Å²) < 4.78 is 1.68. The summed E-state index contributed by atoms with van der Waals surface area (Å²) in [5.41, 5.74) is 1.81. The largest absolute Gasteiger partial charge is 0.337 e. The fraction of sp³-hybridized carbons (Fsp3) is 0.438. The van der Waals surface area contributed by atoms with E-state index in [1.807, 2.05) is 39.0 Å². The third kappa shape index (κ3) is 3.44. The summed E-state index contributed by atoms with van der Waals surface area (Å²) in [4.78, 5) is 31.2. The average Bonchev–Trinajstić information content (AvgIpc) is 2.77. The summed E-state index contributed by atoms with van der Waals surface area (Å²) in [6.45, 7) is 6.21. The van der Waals surface area contributed by atoms with Gasteiger partial charge in [-0.25, -0.2) is 0 Å². The molecule has 0 N–H and O–H groups in total. The molecular weight excluding hydrogens is 298 g/mol. The number of rotatable bonds is 5. The van der Waals surface area contributed by atoms with Crippen molar-refractivity contribution in [3.05, 3.63) is 50.3 Å². The summed E-state index contributed by atoms with van der Waals surface area (Å²) in [5, 5.41) is 0. The molecule has 2 aromatic rings. The normalized spacial score (nSPS) is 12.2. The molecule has 1 atom stereocenters. The second kappa shape index (κ2) is 6.87. The number of carbonyl (C=O) groups is 1. The van der Waals surface area contributed by atoms with Crippen molar-refractivity contribution in [1.82, 2.24) is 14.5 Å². The molecule has 2 heterocycles. The lowest BCUT2D eigenvalue weighted by molar-refractivity contribution is -0.132. The van der Waals surface area contributed by atoms with E-state index in [1.54, 1.807) is 22.7 Å². The Balaban J connectivity index is 2.01. The van der Waals surface area contributed by atoms with E-state index in [0.717, 1.165) is 16.3 Å². The van der Waals surface area contributed by atoms with Gasteiger partial charge in [0.2, 0.25) is 5.91 Å². The molecule has 1 amide bonds. The molecule has 5 nitrogen and oxygen atoms in total. The zero-order valence-electron chi connectivity index (χ0n) is 13.4. The highest BCUT2D eigenvalue weighted by molar-refractivity contribution is 7.09. The molecule has 0 bridgehead atoms. The lowest BCUT2D eigenvalue weighted by atomic mass is 10.2. The van der Waals surface area contributed by atoms with E-state index in [1.165, 1.54) is 11.3 Å². The molecule has 2 rings (SSSR count). The topological polar surface area (TPSA) is 55.2 Å². The number of thiazole rings is 1. The fourth-order valence-electron chi connectivity index (χ4n) is 2.27. The van der Waals surface area contributed by atoms with Crippen molar-refractivity contribution in [3.8, 4) is 0 Å². The van der Waals surface area contributed by atoms with Crippen LogP contribution < -0.4 is 4.87 Å². The highest BCUT2D eigenvalue weighted by Crippen LogP contribution is 2.17. The Hall–Kier alpha value is -1.95. The zero-order chi connectivity index (χ0) is 16.3. The Bertz CT molecular complexity index is 706. The van der Waals surface area contributed by atoms with Crippen LogP contribution in [0, 0.1) is 13.8 Å². The molecular formula is C16H21N3O2S. The highest BCUT2D eigenvalue weighted by atomic mass is 32.1. The Morgan fingerprint density at radius 2 is 2.14 bits per heavy atom. The van der Waals surface area contributed by atoms with Crippen LogP contribution >= 0.6 is 11.3 Å². The minimum Gasteiger partial charge on any atom is -0.337 e. The van der Waals surface area contributed by atoms with Gasteiger partial charge < -0.3 is 9.47 Å². The van der Waals surface area contributed by atoms with Gasteiger partial charge in [0.25, 0.3) is 0 Å². The summed E-state index contributed by atoms with van der Waals surface area (Å²) >= 11 is 1.23. The molecule has 0 saturated carbocycles. The van der Waals surface area contributed by atoms with Crippen LogP contribution in [0.25, 0.3) is 0 Å². The summed E-state index contributed by atoms with van der Waals surface area (Å²) in [6, 6.07) is 5.59. The zero-order valence-corrected chi connectivity index (χ0v) is 14.2. The van der Waals surface area contributed by atoms with Crippen molar-refractivity contribution in [2.24, 2.45) is 0 Å². The Morgan fingerprint density at radius 1 is 1.41 bits per heavy atom. The molecule has 0 fully saturated rings. The van der Waals surface area contributed by atoms with E-state index in [0.29, 0.717) is 13.0 Å². The molecule has 0 radical (unpaired) electrons. The maximum absolute atomic E-state index is 12.3. The van der Waals surface area contributed by atoms with Gasteiger partial charge in [-0.15, -0.1) is 0 Å². The fourth-order valence-corrected chi connectivity index (χ4v) is 3.13. The quantitative estimate of drug-likeness (QED) is 0.851. The van der Waals surface area contributed by atoms with E-state index < -0.39 is 0 Å². The number of aryl methyl sites for hydroxylation is 1. The van der Waals surface area contributed by atoms with Gasteiger partial charge in [-0.05, 0) is 32.9 Å². The third-order valence-corrected chi connectivity index (χ3v) is 5.01. The van der Waals surface area contributed by atoms with Crippen molar-refractivity contribution in [2.75, 3.05) is 7.05 Å². The third-order valence-electron chi connectivity index (χ3n) is 4.01. The van der Waals surface area contributed by atoms with Crippen molar-refractivity contribution in [2.45, 2.75) is 39.8 Å².